The van der Waals surface area contributed by atoms with Gasteiger partial charge in [0, 0.05) is 13.0 Å². The van der Waals surface area contributed by atoms with E-state index in [4.69, 9.17) is 9.78 Å². The topological polar surface area (TPSA) is 74.7 Å². The first-order valence-electron chi connectivity index (χ1n) is 5.42. The molecule has 1 N–H and O–H groups in total. The molecule has 2 rings (SSSR count). The number of hydrogen-bond acceptors (Lipinski definition) is 5. The molecule has 0 bridgehead atoms. The Bertz CT molecular complexity index is 588. The van der Waals surface area contributed by atoms with Crippen LogP contribution in [0.2, 0.25) is 0 Å². The zero-order valence-corrected chi connectivity index (χ0v) is 9.77. The number of aromatic nitrogens is 2. The largest absolute Gasteiger partial charge is 0.383 e. The third kappa shape index (κ3) is 2.83. The summed E-state index contributed by atoms with van der Waals surface area (Å²) in [6, 6.07) is 5.97. The average molecular weight is 246 g/mol. The lowest BCUT2D eigenvalue weighted by atomic mass is 10.2. The Hall–Kier alpha value is -2.42. The van der Waals surface area contributed by atoms with Crippen LogP contribution in [0.5, 0.6) is 0 Å². The maximum absolute atomic E-state index is 12.9. The predicted molar refractivity (Wildman–Crippen MR) is 62.3 cm³/mol. The molecule has 6 heteroatoms. The van der Waals surface area contributed by atoms with Crippen LogP contribution in [0, 0.1) is 24.1 Å². The molecule has 0 saturated heterocycles. The van der Waals surface area contributed by atoms with E-state index in [1.807, 2.05) is 6.07 Å². The second-order valence-electron chi connectivity index (χ2n) is 3.71. The number of rotatable bonds is 4. The number of anilines is 1. The monoisotopic (exact) mass is 246 g/mol. The van der Waals surface area contributed by atoms with Crippen LogP contribution in [0.3, 0.4) is 0 Å². The molecule has 1 aromatic heterocycles. The van der Waals surface area contributed by atoms with Gasteiger partial charge in [0.2, 0.25) is 5.89 Å². The molecule has 0 saturated carbocycles. The summed E-state index contributed by atoms with van der Waals surface area (Å²) in [6.45, 7) is 2.27. The van der Waals surface area contributed by atoms with Crippen LogP contribution in [-0.4, -0.2) is 16.7 Å². The van der Waals surface area contributed by atoms with Crippen LogP contribution >= 0.6 is 0 Å². The van der Waals surface area contributed by atoms with Gasteiger partial charge in [0.25, 0.3) is 0 Å². The summed E-state index contributed by atoms with van der Waals surface area (Å²) in [5.74, 6) is 0.690. The van der Waals surface area contributed by atoms with Gasteiger partial charge in [0.05, 0.1) is 11.3 Å². The number of nitrogens with one attached hydrogen (secondary N) is 1. The van der Waals surface area contributed by atoms with Crippen LogP contribution < -0.4 is 5.32 Å². The maximum Gasteiger partial charge on any atom is 0.228 e. The van der Waals surface area contributed by atoms with Crippen molar-refractivity contribution in [3.05, 3.63) is 41.3 Å². The highest BCUT2D eigenvalue weighted by molar-refractivity contribution is 5.57. The highest BCUT2D eigenvalue weighted by atomic mass is 19.1. The SMILES string of the molecule is Cc1noc(CCNc2ccc(F)cc2C#N)n1. The van der Waals surface area contributed by atoms with Crippen molar-refractivity contribution in [1.29, 1.82) is 5.26 Å². The summed E-state index contributed by atoms with van der Waals surface area (Å²) in [5, 5.41) is 15.6. The molecule has 0 aliphatic heterocycles. The van der Waals surface area contributed by atoms with Gasteiger partial charge in [0.15, 0.2) is 5.82 Å². The highest BCUT2D eigenvalue weighted by Crippen LogP contribution is 2.15. The molecule has 0 atom stereocenters. The van der Waals surface area contributed by atoms with Crippen molar-refractivity contribution in [2.24, 2.45) is 0 Å². The van der Waals surface area contributed by atoms with Crippen LogP contribution in [0.1, 0.15) is 17.3 Å². The quantitative estimate of drug-likeness (QED) is 0.893. The van der Waals surface area contributed by atoms with E-state index in [-0.39, 0.29) is 5.56 Å². The third-order valence-corrected chi connectivity index (χ3v) is 2.33. The number of aryl methyl sites for hydroxylation is 1. The van der Waals surface area contributed by atoms with E-state index in [1.54, 1.807) is 6.92 Å². The number of hydrogen-bond donors (Lipinski definition) is 1. The molecule has 0 amide bonds. The fraction of sp³-hybridized carbons (Fsp3) is 0.250. The maximum atomic E-state index is 12.9. The molecular formula is C12H11FN4O. The van der Waals surface area contributed by atoms with E-state index in [9.17, 15) is 4.39 Å². The van der Waals surface area contributed by atoms with Crippen LogP contribution in [0.25, 0.3) is 0 Å². The third-order valence-electron chi connectivity index (χ3n) is 2.33. The van der Waals surface area contributed by atoms with Gasteiger partial charge in [-0.25, -0.2) is 4.39 Å². The fourth-order valence-electron chi connectivity index (χ4n) is 1.51. The highest BCUT2D eigenvalue weighted by Gasteiger charge is 2.05. The van der Waals surface area contributed by atoms with Gasteiger partial charge < -0.3 is 9.84 Å². The molecule has 5 nitrogen and oxygen atoms in total. The Kier molecular flexibility index (Phi) is 3.53. The Morgan fingerprint density at radius 2 is 2.33 bits per heavy atom. The standard InChI is InChI=1S/C12H11FN4O/c1-8-16-12(18-17-8)4-5-15-11-3-2-10(13)6-9(11)7-14/h2-3,6,15H,4-5H2,1H3. The molecular weight excluding hydrogens is 235 g/mol. The van der Waals surface area contributed by atoms with E-state index in [0.717, 1.165) is 0 Å². The van der Waals surface area contributed by atoms with E-state index in [1.165, 1.54) is 18.2 Å². The van der Waals surface area contributed by atoms with E-state index in [0.29, 0.717) is 30.4 Å². The summed E-state index contributed by atoms with van der Waals surface area (Å²) in [5.41, 5.74) is 0.867. The minimum Gasteiger partial charge on any atom is -0.383 e. The van der Waals surface area contributed by atoms with Crippen molar-refractivity contribution in [2.45, 2.75) is 13.3 Å². The Morgan fingerprint density at radius 3 is 3.00 bits per heavy atom. The summed E-state index contributed by atoms with van der Waals surface area (Å²) in [7, 11) is 0. The predicted octanol–water partition coefficient (Wildman–Crippen LogP) is 2.04. The zero-order valence-electron chi connectivity index (χ0n) is 9.77. The molecule has 0 radical (unpaired) electrons. The molecule has 1 heterocycles. The first-order valence-corrected chi connectivity index (χ1v) is 5.42. The second kappa shape index (κ2) is 5.27. The normalized spacial score (nSPS) is 10.1. The van der Waals surface area contributed by atoms with Gasteiger partial charge in [0.1, 0.15) is 11.9 Å². The molecule has 0 fully saturated rings. The van der Waals surface area contributed by atoms with Crippen molar-refractivity contribution < 1.29 is 8.91 Å². The van der Waals surface area contributed by atoms with Gasteiger partial charge in [-0.15, -0.1) is 0 Å². The smallest absolute Gasteiger partial charge is 0.228 e. The van der Waals surface area contributed by atoms with Crippen LogP contribution in [-0.2, 0) is 6.42 Å². The summed E-state index contributed by atoms with van der Waals surface area (Å²) >= 11 is 0. The van der Waals surface area contributed by atoms with E-state index >= 15 is 0 Å². The van der Waals surface area contributed by atoms with Crippen LogP contribution in [0.4, 0.5) is 10.1 Å². The number of nitriles is 1. The molecule has 18 heavy (non-hydrogen) atoms. The van der Waals surface area contributed by atoms with Gasteiger partial charge in [-0.3, -0.25) is 0 Å². The van der Waals surface area contributed by atoms with Crippen molar-refractivity contribution in [2.75, 3.05) is 11.9 Å². The van der Waals surface area contributed by atoms with Gasteiger partial charge in [-0.2, -0.15) is 10.2 Å². The number of nitrogens with zero attached hydrogens (tertiary/aromatic N) is 3. The minimum atomic E-state index is -0.426. The van der Waals surface area contributed by atoms with Crippen molar-refractivity contribution in [1.82, 2.24) is 10.1 Å². The summed E-state index contributed by atoms with van der Waals surface area (Å²) in [4.78, 5) is 4.06. The fourth-order valence-corrected chi connectivity index (χ4v) is 1.51. The minimum absolute atomic E-state index is 0.275. The zero-order chi connectivity index (χ0) is 13.0. The molecule has 0 spiro atoms. The Morgan fingerprint density at radius 1 is 1.50 bits per heavy atom. The van der Waals surface area contributed by atoms with Crippen molar-refractivity contribution in [3.63, 3.8) is 0 Å². The van der Waals surface area contributed by atoms with E-state index < -0.39 is 5.82 Å². The van der Waals surface area contributed by atoms with Crippen LogP contribution in [0.15, 0.2) is 22.7 Å². The number of benzene rings is 1. The lowest BCUT2D eigenvalue weighted by Crippen LogP contribution is -2.06. The molecule has 0 aliphatic carbocycles. The molecule has 0 unspecified atom stereocenters. The molecule has 1 aromatic carbocycles. The first kappa shape index (κ1) is 12.0. The first-order chi connectivity index (χ1) is 8.69. The second-order valence-corrected chi connectivity index (χ2v) is 3.71. The number of halogens is 1. The van der Waals surface area contributed by atoms with Gasteiger partial charge in [-0.05, 0) is 25.1 Å². The summed E-state index contributed by atoms with van der Waals surface area (Å²) < 4.78 is 17.9. The average Bonchev–Trinajstić information content (AvgIpc) is 2.77. The van der Waals surface area contributed by atoms with Crippen molar-refractivity contribution >= 4 is 5.69 Å². The van der Waals surface area contributed by atoms with Gasteiger partial charge >= 0.3 is 0 Å². The Balaban J connectivity index is 1.96. The molecule has 92 valence electrons. The van der Waals surface area contributed by atoms with E-state index in [2.05, 4.69) is 15.5 Å². The lowest BCUT2D eigenvalue weighted by Gasteiger charge is -2.06. The summed E-state index contributed by atoms with van der Waals surface area (Å²) in [6.07, 6.45) is 0.545. The lowest BCUT2D eigenvalue weighted by molar-refractivity contribution is 0.377. The van der Waals surface area contributed by atoms with Crippen molar-refractivity contribution in [3.8, 4) is 6.07 Å². The molecule has 0 aliphatic rings. The van der Waals surface area contributed by atoms with Gasteiger partial charge in [-0.1, -0.05) is 5.16 Å². The molecule has 2 aromatic rings. The Labute approximate surface area is 103 Å².